The zero-order valence-electron chi connectivity index (χ0n) is 15.9. The number of phenolic OH excluding ortho intramolecular Hbond substituents is 2. The molecule has 1 saturated heterocycles. The first-order chi connectivity index (χ1) is 11.6. The minimum Gasteiger partial charge on any atom is -0.508 e. The van der Waals surface area contributed by atoms with E-state index in [0.717, 1.165) is 16.7 Å². The van der Waals surface area contributed by atoms with Gasteiger partial charge in [0.25, 0.3) is 0 Å². The van der Waals surface area contributed by atoms with Gasteiger partial charge in [0.1, 0.15) is 17.1 Å². The molecule has 1 fully saturated rings. The summed E-state index contributed by atoms with van der Waals surface area (Å²) in [5.74, 6) is 0.673. The van der Waals surface area contributed by atoms with Crippen LogP contribution in [0.1, 0.15) is 52.7 Å². The Hall–Kier alpha value is -2.26. The Bertz CT molecular complexity index is 785. The van der Waals surface area contributed by atoms with Gasteiger partial charge in [-0.05, 0) is 59.2 Å². The number of para-hydroxylation sites is 2. The lowest BCUT2D eigenvalue weighted by molar-refractivity contribution is 0.284. The average Bonchev–Trinajstić information content (AvgIpc) is 3.07. The molecule has 0 saturated carbocycles. The molecule has 25 heavy (non-hydrogen) atoms. The van der Waals surface area contributed by atoms with E-state index in [2.05, 4.69) is 0 Å². The first-order valence-corrected chi connectivity index (χ1v) is 8.51. The van der Waals surface area contributed by atoms with Crippen molar-refractivity contribution in [1.82, 2.24) is 0 Å². The summed E-state index contributed by atoms with van der Waals surface area (Å²) in [4.78, 5) is 0. The average molecular weight is 340 g/mol. The summed E-state index contributed by atoms with van der Waals surface area (Å²) in [7, 11) is 0. The van der Waals surface area contributed by atoms with Crippen molar-refractivity contribution in [2.75, 3.05) is 0 Å². The molecule has 0 spiro atoms. The van der Waals surface area contributed by atoms with Crippen LogP contribution in [0, 0.1) is 0 Å². The van der Waals surface area contributed by atoms with Gasteiger partial charge in [-0.3, -0.25) is 0 Å². The Morgan fingerprint density at radius 1 is 0.800 bits per heavy atom. The van der Waals surface area contributed by atoms with Crippen molar-refractivity contribution in [1.29, 1.82) is 0 Å². The van der Waals surface area contributed by atoms with Gasteiger partial charge < -0.3 is 14.9 Å². The molecule has 2 aromatic rings. The lowest BCUT2D eigenvalue weighted by Gasteiger charge is -2.10. The number of ether oxygens (including phenoxy) is 1. The van der Waals surface area contributed by atoms with E-state index in [4.69, 9.17) is 4.74 Å². The van der Waals surface area contributed by atoms with Gasteiger partial charge in [-0.25, -0.2) is 0 Å². The highest BCUT2D eigenvalue weighted by Gasteiger charge is 2.62. The Balaban J connectivity index is 0.000000181. The second kappa shape index (κ2) is 6.93. The molecule has 0 amide bonds. The van der Waals surface area contributed by atoms with E-state index >= 15 is 0 Å². The number of epoxide rings is 1. The van der Waals surface area contributed by atoms with E-state index in [0.29, 0.717) is 11.5 Å². The second-order valence-electron chi connectivity index (χ2n) is 7.30. The Morgan fingerprint density at radius 3 is 1.72 bits per heavy atom. The molecular weight excluding hydrogens is 312 g/mol. The monoisotopic (exact) mass is 340 g/mol. The summed E-state index contributed by atoms with van der Waals surface area (Å²) < 4.78 is 5.60. The van der Waals surface area contributed by atoms with E-state index in [1.54, 1.807) is 12.1 Å². The fourth-order valence-electron chi connectivity index (χ4n) is 2.80. The fourth-order valence-corrected chi connectivity index (χ4v) is 2.80. The van der Waals surface area contributed by atoms with Gasteiger partial charge in [0.05, 0.1) is 5.60 Å². The molecule has 1 heterocycles. The highest BCUT2D eigenvalue weighted by atomic mass is 16.6. The molecule has 3 nitrogen and oxygen atoms in total. The topological polar surface area (TPSA) is 53.0 Å². The quantitative estimate of drug-likeness (QED) is 0.697. The third-order valence-corrected chi connectivity index (χ3v) is 5.04. The molecular formula is C22H28O3. The summed E-state index contributed by atoms with van der Waals surface area (Å²) in [6, 6.07) is 14.7. The van der Waals surface area contributed by atoms with Gasteiger partial charge in [-0.2, -0.15) is 0 Å². The Kier molecular flexibility index (Phi) is 5.28. The van der Waals surface area contributed by atoms with Gasteiger partial charge in [0.15, 0.2) is 0 Å². The highest BCUT2D eigenvalue weighted by molar-refractivity contribution is 5.70. The summed E-state index contributed by atoms with van der Waals surface area (Å²) in [6.07, 6.45) is 0. The van der Waals surface area contributed by atoms with Crippen LogP contribution in [0.5, 0.6) is 11.5 Å². The molecule has 3 rings (SSSR count). The molecule has 1 aliphatic heterocycles. The zero-order valence-corrected chi connectivity index (χ0v) is 15.9. The predicted octanol–water partition coefficient (Wildman–Crippen LogP) is 5.62. The number of aromatic hydroxyl groups is 2. The summed E-state index contributed by atoms with van der Waals surface area (Å²) in [6.45, 7) is 12.2. The maximum Gasteiger partial charge on any atom is 0.123 e. The predicted molar refractivity (Wildman–Crippen MR) is 103 cm³/mol. The van der Waals surface area contributed by atoms with Crippen LogP contribution in [0.2, 0.25) is 0 Å². The van der Waals surface area contributed by atoms with Crippen molar-refractivity contribution in [2.45, 2.75) is 52.7 Å². The van der Waals surface area contributed by atoms with Crippen LogP contribution in [0.25, 0.3) is 5.57 Å². The number of rotatable bonds is 2. The lowest BCUT2D eigenvalue weighted by atomic mass is 9.90. The molecule has 134 valence electrons. The largest absolute Gasteiger partial charge is 0.508 e. The Morgan fingerprint density at radius 2 is 1.28 bits per heavy atom. The molecule has 2 aromatic carbocycles. The maximum atomic E-state index is 9.64. The second-order valence-corrected chi connectivity index (χ2v) is 7.30. The van der Waals surface area contributed by atoms with E-state index in [-0.39, 0.29) is 11.2 Å². The number of benzene rings is 2. The molecule has 1 aliphatic rings. The van der Waals surface area contributed by atoms with Crippen molar-refractivity contribution >= 4 is 5.57 Å². The number of hydrogen-bond acceptors (Lipinski definition) is 3. The fraction of sp³-hybridized carbons (Fsp3) is 0.364. The van der Waals surface area contributed by atoms with Gasteiger partial charge in [-0.1, -0.05) is 42.0 Å². The molecule has 2 N–H and O–H groups in total. The van der Waals surface area contributed by atoms with Crippen LogP contribution < -0.4 is 0 Å². The molecule has 0 bridgehead atoms. The van der Waals surface area contributed by atoms with Crippen LogP contribution in [0.4, 0.5) is 0 Å². The zero-order chi connectivity index (χ0) is 18.8. The van der Waals surface area contributed by atoms with Crippen molar-refractivity contribution in [2.24, 2.45) is 0 Å². The maximum absolute atomic E-state index is 9.64. The first-order valence-electron chi connectivity index (χ1n) is 8.51. The van der Waals surface area contributed by atoms with Crippen molar-refractivity contribution in [3.63, 3.8) is 0 Å². The minimum atomic E-state index is -0.321. The normalized spacial score (nSPS) is 20.2. The number of phenols is 2. The third kappa shape index (κ3) is 3.88. The molecule has 1 atom stereocenters. The first kappa shape index (κ1) is 19.1. The highest BCUT2D eigenvalue weighted by Crippen LogP contribution is 2.56. The SMILES string of the molecule is CC(C)=C(C)c1ccccc1O.CC1(C)OC1(C)c1ccccc1O. The molecule has 0 radical (unpaired) electrons. The summed E-state index contributed by atoms with van der Waals surface area (Å²) >= 11 is 0. The Labute approximate surface area is 150 Å². The van der Waals surface area contributed by atoms with Crippen LogP contribution in [-0.2, 0) is 10.3 Å². The molecule has 0 aromatic heterocycles. The van der Waals surface area contributed by atoms with Crippen LogP contribution >= 0.6 is 0 Å². The van der Waals surface area contributed by atoms with Gasteiger partial charge in [0.2, 0.25) is 0 Å². The third-order valence-electron chi connectivity index (χ3n) is 5.04. The molecule has 1 unspecified atom stereocenters. The smallest absolute Gasteiger partial charge is 0.123 e. The van der Waals surface area contributed by atoms with E-state index in [1.807, 2.05) is 77.9 Å². The van der Waals surface area contributed by atoms with Crippen molar-refractivity contribution < 1.29 is 14.9 Å². The van der Waals surface area contributed by atoms with Gasteiger partial charge in [0, 0.05) is 11.1 Å². The summed E-state index contributed by atoms with van der Waals surface area (Å²) in [5, 5.41) is 19.1. The van der Waals surface area contributed by atoms with Crippen molar-refractivity contribution in [3.8, 4) is 11.5 Å². The molecule has 3 heteroatoms. The number of allylic oxidation sites excluding steroid dienone is 2. The van der Waals surface area contributed by atoms with Crippen LogP contribution in [0.15, 0.2) is 54.1 Å². The van der Waals surface area contributed by atoms with E-state index in [9.17, 15) is 10.2 Å². The lowest BCUT2D eigenvalue weighted by Crippen LogP contribution is -2.13. The van der Waals surface area contributed by atoms with Gasteiger partial charge in [-0.15, -0.1) is 0 Å². The van der Waals surface area contributed by atoms with Crippen LogP contribution in [-0.4, -0.2) is 15.8 Å². The number of hydrogen-bond donors (Lipinski definition) is 2. The summed E-state index contributed by atoms with van der Waals surface area (Å²) in [5.41, 5.74) is 3.70. The van der Waals surface area contributed by atoms with Crippen molar-refractivity contribution in [3.05, 3.63) is 65.2 Å². The van der Waals surface area contributed by atoms with Crippen LogP contribution in [0.3, 0.4) is 0 Å². The van der Waals surface area contributed by atoms with E-state index in [1.165, 1.54) is 5.57 Å². The minimum absolute atomic E-state index is 0.161. The van der Waals surface area contributed by atoms with Gasteiger partial charge >= 0.3 is 0 Å². The standard InChI is InChI=1S/C11H14O2.C11H14O/c1-10(2)11(3,13-10)8-6-4-5-7-9(8)12;1-8(2)9(3)10-6-4-5-7-11(10)12/h4-7,12H,1-3H3;4-7,12H,1-3H3. The molecule has 0 aliphatic carbocycles. The van der Waals surface area contributed by atoms with E-state index < -0.39 is 0 Å².